The third kappa shape index (κ3) is 3.59. The van der Waals surface area contributed by atoms with Gasteiger partial charge in [-0.2, -0.15) is 0 Å². The fourth-order valence-corrected chi connectivity index (χ4v) is 1.93. The summed E-state index contributed by atoms with van der Waals surface area (Å²) in [4.78, 5) is 11.7. The van der Waals surface area contributed by atoms with E-state index in [1.54, 1.807) is 18.5 Å². The molecule has 0 aliphatic heterocycles. The first-order valence-electron chi connectivity index (χ1n) is 6.94. The number of carbonyl (C=O) groups excluding carboxylic acids is 1. The van der Waals surface area contributed by atoms with E-state index in [1.807, 2.05) is 31.2 Å². The predicted octanol–water partition coefficient (Wildman–Crippen LogP) is 2.21. The van der Waals surface area contributed by atoms with Crippen LogP contribution in [0.1, 0.15) is 35.6 Å². The van der Waals surface area contributed by atoms with E-state index >= 15 is 0 Å². The van der Waals surface area contributed by atoms with Crippen LogP contribution in [0.25, 0.3) is 0 Å². The van der Waals surface area contributed by atoms with Crippen molar-refractivity contribution < 1.29 is 14.3 Å². The van der Waals surface area contributed by atoms with Crippen LogP contribution in [0.2, 0.25) is 0 Å². The van der Waals surface area contributed by atoms with Crippen LogP contribution >= 0.6 is 0 Å². The van der Waals surface area contributed by atoms with Crippen LogP contribution in [0.5, 0.6) is 5.75 Å². The number of hydrogen-bond acceptors (Lipinski definition) is 5. The number of nitrogens with zero attached hydrogens (tertiary/aromatic N) is 3. The number of aromatic nitrogens is 3. The lowest BCUT2D eigenvalue weighted by atomic mass is 10.2. The van der Waals surface area contributed by atoms with Crippen molar-refractivity contribution in [3.05, 3.63) is 41.2 Å². The van der Waals surface area contributed by atoms with Crippen molar-refractivity contribution in [3.8, 4) is 5.75 Å². The van der Waals surface area contributed by atoms with Crippen LogP contribution in [0.15, 0.2) is 24.3 Å². The Balaban J connectivity index is 2.11. The number of ether oxygens (including phenoxy) is 2. The van der Waals surface area contributed by atoms with E-state index in [9.17, 15) is 4.79 Å². The molecular formula is C15H19N3O3. The molecule has 0 unspecified atom stereocenters. The maximum atomic E-state index is 11.7. The lowest BCUT2D eigenvalue weighted by molar-refractivity contribution is 0.0518. The lowest BCUT2D eigenvalue weighted by Gasteiger charge is -2.06. The zero-order chi connectivity index (χ0) is 15.2. The highest BCUT2D eigenvalue weighted by Crippen LogP contribution is 2.14. The topological polar surface area (TPSA) is 66.2 Å². The molecule has 1 heterocycles. The van der Waals surface area contributed by atoms with Crippen molar-refractivity contribution >= 4 is 5.97 Å². The lowest BCUT2D eigenvalue weighted by Crippen LogP contribution is -2.09. The first-order valence-corrected chi connectivity index (χ1v) is 6.94. The highest BCUT2D eigenvalue weighted by molar-refractivity contribution is 5.88. The van der Waals surface area contributed by atoms with Crippen LogP contribution in [0.3, 0.4) is 0 Å². The van der Waals surface area contributed by atoms with E-state index < -0.39 is 5.97 Å². The Morgan fingerprint density at radius 1 is 1.19 bits per heavy atom. The Morgan fingerprint density at radius 3 is 2.52 bits per heavy atom. The molecule has 0 aliphatic rings. The number of carbonyl (C=O) groups is 1. The molecule has 0 spiro atoms. The largest absolute Gasteiger partial charge is 0.494 e. The van der Waals surface area contributed by atoms with Gasteiger partial charge >= 0.3 is 5.97 Å². The Labute approximate surface area is 123 Å². The zero-order valence-electron chi connectivity index (χ0n) is 12.5. The van der Waals surface area contributed by atoms with Gasteiger partial charge in [0.25, 0.3) is 0 Å². The Bertz CT molecular complexity index is 605. The number of hydrogen-bond donors (Lipinski definition) is 0. The van der Waals surface area contributed by atoms with Gasteiger partial charge in [0.05, 0.1) is 25.5 Å². The van der Waals surface area contributed by atoms with Crippen LogP contribution in [-0.4, -0.2) is 34.2 Å². The second-order valence-corrected chi connectivity index (χ2v) is 4.48. The van der Waals surface area contributed by atoms with E-state index in [2.05, 4.69) is 10.3 Å². The van der Waals surface area contributed by atoms with Gasteiger partial charge in [0.2, 0.25) is 0 Å². The van der Waals surface area contributed by atoms with Gasteiger partial charge in [0, 0.05) is 0 Å². The highest BCUT2D eigenvalue weighted by Gasteiger charge is 2.17. The average Bonchev–Trinajstić information content (AvgIpc) is 2.83. The summed E-state index contributed by atoms with van der Waals surface area (Å²) in [5.74, 6) is 0.400. The molecule has 0 bridgehead atoms. The third-order valence-corrected chi connectivity index (χ3v) is 3.02. The molecule has 0 atom stereocenters. The van der Waals surface area contributed by atoms with Gasteiger partial charge in [-0.3, -0.25) is 0 Å². The van der Waals surface area contributed by atoms with E-state index in [1.165, 1.54) is 0 Å². The molecule has 0 saturated carbocycles. The Morgan fingerprint density at radius 2 is 1.90 bits per heavy atom. The van der Waals surface area contributed by atoms with Gasteiger partial charge in [0.1, 0.15) is 5.75 Å². The molecule has 0 amide bonds. The van der Waals surface area contributed by atoms with Gasteiger partial charge < -0.3 is 9.47 Å². The fraction of sp³-hybridized carbons (Fsp3) is 0.400. The summed E-state index contributed by atoms with van der Waals surface area (Å²) in [7, 11) is 0. The second kappa shape index (κ2) is 6.88. The van der Waals surface area contributed by atoms with Crippen LogP contribution in [0.4, 0.5) is 0 Å². The van der Waals surface area contributed by atoms with Crippen LogP contribution in [0, 0.1) is 6.92 Å². The first kappa shape index (κ1) is 15.0. The minimum atomic E-state index is -0.437. The molecule has 1 aromatic carbocycles. The summed E-state index contributed by atoms with van der Waals surface area (Å²) >= 11 is 0. The van der Waals surface area contributed by atoms with E-state index in [0.29, 0.717) is 25.5 Å². The molecule has 1 aromatic heterocycles. The molecule has 0 radical (unpaired) electrons. The number of esters is 1. The molecule has 21 heavy (non-hydrogen) atoms. The van der Waals surface area contributed by atoms with E-state index in [4.69, 9.17) is 9.47 Å². The summed E-state index contributed by atoms with van der Waals surface area (Å²) in [6.07, 6.45) is 0. The SMILES string of the molecule is CCOC(=O)c1nnn(Cc2ccc(OCC)cc2)c1C. The minimum Gasteiger partial charge on any atom is -0.494 e. The maximum Gasteiger partial charge on any atom is 0.360 e. The fourth-order valence-electron chi connectivity index (χ4n) is 1.93. The molecule has 2 aromatic rings. The third-order valence-electron chi connectivity index (χ3n) is 3.02. The van der Waals surface area contributed by atoms with Crippen molar-refractivity contribution in [2.45, 2.75) is 27.3 Å². The average molecular weight is 289 g/mol. The second-order valence-electron chi connectivity index (χ2n) is 4.48. The number of benzene rings is 1. The molecule has 112 valence electrons. The van der Waals surface area contributed by atoms with Gasteiger partial charge in [-0.1, -0.05) is 17.3 Å². The minimum absolute atomic E-state index is 0.266. The highest BCUT2D eigenvalue weighted by atomic mass is 16.5. The normalized spacial score (nSPS) is 10.4. The van der Waals surface area contributed by atoms with Gasteiger partial charge in [-0.25, -0.2) is 9.48 Å². The van der Waals surface area contributed by atoms with E-state index in [0.717, 1.165) is 11.3 Å². The van der Waals surface area contributed by atoms with Crippen LogP contribution < -0.4 is 4.74 Å². The molecular weight excluding hydrogens is 270 g/mol. The molecule has 0 N–H and O–H groups in total. The first-order chi connectivity index (χ1) is 10.2. The quantitative estimate of drug-likeness (QED) is 0.763. The van der Waals surface area contributed by atoms with Crippen molar-refractivity contribution in [3.63, 3.8) is 0 Å². The Hall–Kier alpha value is -2.37. The molecule has 0 aliphatic carbocycles. The Kier molecular flexibility index (Phi) is 4.92. The van der Waals surface area contributed by atoms with Crippen molar-refractivity contribution in [1.82, 2.24) is 15.0 Å². The monoisotopic (exact) mass is 289 g/mol. The summed E-state index contributed by atoms with van der Waals surface area (Å²) in [6.45, 7) is 7.03. The van der Waals surface area contributed by atoms with Crippen LogP contribution in [-0.2, 0) is 11.3 Å². The number of rotatable bonds is 6. The smallest absolute Gasteiger partial charge is 0.360 e. The summed E-state index contributed by atoms with van der Waals surface area (Å²) in [5.41, 5.74) is 2.02. The van der Waals surface area contributed by atoms with E-state index in [-0.39, 0.29) is 5.69 Å². The van der Waals surface area contributed by atoms with Crippen molar-refractivity contribution in [2.24, 2.45) is 0 Å². The molecule has 2 rings (SSSR count). The molecule has 6 nitrogen and oxygen atoms in total. The molecule has 0 fully saturated rings. The predicted molar refractivity (Wildman–Crippen MR) is 77.4 cm³/mol. The van der Waals surface area contributed by atoms with Crippen molar-refractivity contribution in [2.75, 3.05) is 13.2 Å². The zero-order valence-corrected chi connectivity index (χ0v) is 12.5. The van der Waals surface area contributed by atoms with Crippen molar-refractivity contribution in [1.29, 1.82) is 0 Å². The van der Waals surface area contributed by atoms with Gasteiger partial charge in [-0.15, -0.1) is 5.10 Å². The summed E-state index contributed by atoms with van der Waals surface area (Å²) < 4.78 is 12.0. The van der Waals surface area contributed by atoms with Gasteiger partial charge in [-0.05, 0) is 38.5 Å². The molecule has 0 saturated heterocycles. The standard InChI is InChI=1S/C15H19N3O3/c1-4-20-13-8-6-12(7-9-13)10-18-11(3)14(16-17-18)15(19)21-5-2/h6-9H,4-5,10H2,1-3H3. The maximum absolute atomic E-state index is 11.7. The summed E-state index contributed by atoms with van der Waals surface area (Å²) in [6, 6.07) is 7.76. The van der Waals surface area contributed by atoms with Gasteiger partial charge in [0.15, 0.2) is 5.69 Å². The summed E-state index contributed by atoms with van der Waals surface area (Å²) in [5, 5.41) is 7.90. The molecule has 6 heteroatoms.